The van der Waals surface area contributed by atoms with Crippen molar-refractivity contribution in [1.29, 1.82) is 0 Å². The zero-order chi connectivity index (χ0) is 11.7. The van der Waals surface area contributed by atoms with Gasteiger partial charge in [-0.2, -0.15) is 0 Å². The van der Waals surface area contributed by atoms with Gasteiger partial charge >= 0.3 is 0 Å². The summed E-state index contributed by atoms with van der Waals surface area (Å²) < 4.78 is 0. The van der Waals surface area contributed by atoms with E-state index in [1.54, 1.807) is 6.07 Å². The number of halogens is 1. The predicted octanol–water partition coefficient (Wildman–Crippen LogP) is 0.460. The van der Waals surface area contributed by atoms with Gasteiger partial charge in [0.05, 0.1) is 22.9 Å². The summed E-state index contributed by atoms with van der Waals surface area (Å²) in [4.78, 5) is 1.98. The molecular weight excluding hydrogens is 228 g/mol. The van der Waals surface area contributed by atoms with E-state index in [-0.39, 0.29) is 0 Å². The molecule has 1 aromatic carbocycles. The zero-order valence-electron chi connectivity index (χ0n) is 8.81. The summed E-state index contributed by atoms with van der Waals surface area (Å²) in [5.41, 5.74) is 7.29. The number of rotatable bonds is 2. The fourth-order valence-electron chi connectivity index (χ4n) is 1.93. The molecule has 1 fully saturated rings. The second-order valence-corrected chi connectivity index (χ2v) is 4.59. The third-order valence-corrected chi connectivity index (χ3v) is 3.15. The Morgan fingerprint density at radius 2 is 1.94 bits per heavy atom. The third kappa shape index (κ3) is 2.47. The first-order valence-electron chi connectivity index (χ1n) is 5.18. The van der Waals surface area contributed by atoms with Gasteiger partial charge in [0.1, 0.15) is 0 Å². The van der Waals surface area contributed by atoms with Gasteiger partial charge in [0.25, 0.3) is 0 Å². The van der Waals surface area contributed by atoms with Crippen LogP contribution in [0.5, 0.6) is 0 Å². The third-order valence-electron chi connectivity index (χ3n) is 2.80. The van der Waals surface area contributed by atoms with Crippen molar-refractivity contribution in [1.82, 2.24) is 4.90 Å². The van der Waals surface area contributed by atoms with E-state index < -0.39 is 12.2 Å². The first-order chi connectivity index (χ1) is 7.56. The molecule has 0 radical (unpaired) electrons. The number of hydrogen-bond donors (Lipinski definition) is 3. The van der Waals surface area contributed by atoms with Crippen molar-refractivity contribution in [2.45, 2.75) is 18.8 Å². The van der Waals surface area contributed by atoms with Gasteiger partial charge in [-0.3, -0.25) is 4.90 Å². The quantitative estimate of drug-likeness (QED) is 0.659. The summed E-state index contributed by atoms with van der Waals surface area (Å²) in [6, 6.07) is 5.48. The van der Waals surface area contributed by atoms with Crippen molar-refractivity contribution in [3.63, 3.8) is 0 Å². The van der Waals surface area contributed by atoms with E-state index >= 15 is 0 Å². The van der Waals surface area contributed by atoms with Crippen LogP contribution in [0, 0.1) is 0 Å². The van der Waals surface area contributed by atoms with Gasteiger partial charge in [0.2, 0.25) is 0 Å². The molecule has 0 saturated carbocycles. The molecule has 1 saturated heterocycles. The highest BCUT2D eigenvalue weighted by atomic mass is 35.5. The number of nitrogens with zero attached hydrogens (tertiary/aromatic N) is 1. The largest absolute Gasteiger partial charge is 0.398 e. The van der Waals surface area contributed by atoms with Crippen LogP contribution >= 0.6 is 11.6 Å². The minimum Gasteiger partial charge on any atom is -0.398 e. The number of aliphatic hydroxyl groups is 2. The lowest BCUT2D eigenvalue weighted by molar-refractivity contribution is 0.0572. The summed E-state index contributed by atoms with van der Waals surface area (Å²) in [5, 5.41) is 19.4. The van der Waals surface area contributed by atoms with Gasteiger partial charge in [-0.25, -0.2) is 0 Å². The molecule has 2 atom stereocenters. The van der Waals surface area contributed by atoms with Crippen molar-refractivity contribution in [3.05, 3.63) is 28.8 Å². The van der Waals surface area contributed by atoms with Crippen molar-refractivity contribution in [2.24, 2.45) is 0 Å². The van der Waals surface area contributed by atoms with E-state index in [1.807, 2.05) is 17.0 Å². The molecule has 4 nitrogen and oxygen atoms in total. The molecule has 88 valence electrons. The van der Waals surface area contributed by atoms with E-state index in [2.05, 4.69) is 0 Å². The van der Waals surface area contributed by atoms with E-state index in [4.69, 9.17) is 17.3 Å². The number of benzene rings is 1. The molecule has 5 heteroatoms. The average molecular weight is 243 g/mol. The van der Waals surface area contributed by atoms with Crippen LogP contribution in [-0.4, -0.2) is 40.4 Å². The van der Waals surface area contributed by atoms with Gasteiger partial charge in [-0.1, -0.05) is 17.7 Å². The van der Waals surface area contributed by atoms with Crippen LogP contribution in [0.2, 0.25) is 5.02 Å². The molecule has 2 unspecified atom stereocenters. The van der Waals surface area contributed by atoms with E-state index in [0.717, 1.165) is 5.56 Å². The monoisotopic (exact) mass is 242 g/mol. The SMILES string of the molecule is Nc1cc(CN2CC(O)C(O)C2)ccc1Cl. The molecule has 0 bridgehead atoms. The Morgan fingerprint density at radius 3 is 2.50 bits per heavy atom. The van der Waals surface area contributed by atoms with Crippen LogP contribution < -0.4 is 5.73 Å². The summed E-state index contributed by atoms with van der Waals surface area (Å²) in [7, 11) is 0. The van der Waals surface area contributed by atoms with E-state index in [1.165, 1.54) is 0 Å². The number of nitrogen functional groups attached to an aromatic ring is 1. The van der Waals surface area contributed by atoms with E-state index in [0.29, 0.717) is 30.3 Å². The van der Waals surface area contributed by atoms with Crippen LogP contribution in [-0.2, 0) is 6.54 Å². The molecule has 0 amide bonds. The Morgan fingerprint density at radius 1 is 1.31 bits per heavy atom. The van der Waals surface area contributed by atoms with Gasteiger partial charge in [0.15, 0.2) is 0 Å². The molecule has 4 N–H and O–H groups in total. The molecule has 2 rings (SSSR count). The molecule has 1 heterocycles. The summed E-state index contributed by atoms with van der Waals surface area (Å²) in [5.74, 6) is 0. The van der Waals surface area contributed by atoms with E-state index in [9.17, 15) is 10.2 Å². The molecule has 0 aliphatic carbocycles. The second-order valence-electron chi connectivity index (χ2n) is 4.18. The predicted molar refractivity (Wildman–Crippen MR) is 63.2 cm³/mol. The number of hydrogen-bond acceptors (Lipinski definition) is 4. The highest BCUT2D eigenvalue weighted by Gasteiger charge is 2.29. The molecule has 0 aromatic heterocycles. The first kappa shape index (κ1) is 11.7. The molecular formula is C11H15ClN2O2. The molecule has 1 aliphatic heterocycles. The Hall–Kier alpha value is -0.810. The molecule has 0 spiro atoms. The minimum atomic E-state index is -0.648. The maximum absolute atomic E-state index is 9.41. The molecule has 1 aromatic rings. The van der Waals surface area contributed by atoms with Gasteiger partial charge in [-0.05, 0) is 17.7 Å². The lowest BCUT2D eigenvalue weighted by Crippen LogP contribution is -2.22. The highest BCUT2D eigenvalue weighted by molar-refractivity contribution is 6.33. The number of β-amino-alcohol motifs (C(OH)–C–C–N with tert-alkyl or cyclic N) is 2. The second kappa shape index (κ2) is 4.59. The van der Waals surface area contributed by atoms with Crippen LogP contribution in [0.4, 0.5) is 5.69 Å². The minimum absolute atomic E-state index is 0.490. The van der Waals surface area contributed by atoms with Gasteiger partial charge in [0, 0.05) is 19.6 Å². The molecule has 16 heavy (non-hydrogen) atoms. The zero-order valence-corrected chi connectivity index (χ0v) is 9.56. The smallest absolute Gasteiger partial charge is 0.0938 e. The summed E-state index contributed by atoms with van der Waals surface area (Å²) in [6.07, 6.45) is -1.30. The maximum Gasteiger partial charge on any atom is 0.0938 e. The van der Waals surface area contributed by atoms with Crippen LogP contribution in [0.15, 0.2) is 18.2 Å². The number of aliphatic hydroxyl groups excluding tert-OH is 2. The summed E-state index contributed by atoms with van der Waals surface area (Å²) >= 11 is 5.83. The topological polar surface area (TPSA) is 69.7 Å². The first-order valence-corrected chi connectivity index (χ1v) is 5.56. The van der Waals surface area contributed by atoms with Crippen LogP contribution in [0.25, 0.3) is 0 Å². The standard InChI is InChI=1S/C11H15ClN2O2/c12-8-2-1-7(3-9(8)13)4-14-5-10(15)11(16)6-14/h1-3,10-11,15-16H,4-6,13H2. The fourth-order valence-corrected chi connectivity index (χ4v) is 2.04. The number of anilines is 1. The Balaban J connectivity index is 2.02. The van der Waals surface area contributed by atoms with Gasteiger partial charge < -0.3 is 15.9 Å². The number of nitrogens with two attached hydrogens (primary N) is 1. The average Bonchev–Trinajstić information content (AvgIpc) is 2.52. The van der Waals surface area contributed by atoms with Crippen molar-refractivity contribution >= 4 is 17.3 Å². The fraction of sp³-hybridized carbons (Fsp3) is 0.455. The normalized spacial score (nSPS) is 26.2. The van der Waals surface area contributed by atoms with Crippen molar-refractivity contribution in [3.8, 4) is 0 Å². The van der Waals surface area contributed by atoms with Crippen molar-refractivity contribution in [2.75, 3.05) is 18.8 Å². The highest BCUT2D eigenvalue weighted by Crippen LogP contribution is 2.21. The van der Waals surface area contributed by atoms with Gasteiger partial charge in [-0.15, -0.1) is 0 Å². The maximum atomic E-state index is 9.41. The molecule has 1 aliphatic rings. The van der Waals surface area contributed by atoms with Crippen LogP contribution in [0.1, 0.15) is 5.56 Å². The van der Waals surface area contributed by atoms with Crippen molar-refractivity contribution < 1.29 is 10.2 Å². The number of likely N-dealkylation sites (tertiary alicyclic amines) is 1. The Bertz CT molecular complexity index is 376. The Kier molecular flexibility index (Phi) is 3.35. The van der Waals surface area contributed by atoms with Crippen LogP contribution in [0.3, 0.4) is 0 Å². The lowest BCUT2D eigenvalue weighted by atomic mass is 10.2. The lowest BCUT2D eigenvalue weighted by Gasteiger charge is -2.15. The summed E-state index contributed by atoms with van der Waals surface area (Å²) in [6.45, 7) is 1.64. The Labute approximate surface area is 99.2 Å².